The van der Waals surface area contributed by atoms with Crippen LogP contribution in [-0.2, 0) is 10.0 Å². The first-order valence-corrected chi connectivity index (χ1v) is 11.5. The predicted octanol–water partition coefficient (Wildman–Crippen LogP) is 3.54. The number of hydrogen-bond acceptors (Lipinski definition) is 7. The standard InChI is InChI=1S/C20H22N4O4S2/c1-4-16(15-10-11-17(28-3)13(2)12-15)24-30(26,27)20-23-22-19(29-20)21-18(25)14-8-6-5-7-9-14/h5-12,16,24H,4H2,1-3H3,(H,21,22,25). The van der Waals surface area contributed by atoms with Gasteiger partial charge in [0.15, 0.2) is 0 Å². The number of sulfonamides is 1. The van der Waals surface area contributed by atoms with Crippen molar-refractivity contribution in [1.29, 1.82) is 0 Å². The summed E-state index contributed by atoms with van der Waals surface area (Å²) in [6.07, 6.45) is 0.543. The molecule has 0 saturated carbocycles. The summed E-state index contributed by atoms with van der Waals surface area (Å²) < 4.78 is 33.3. The number of amides is 1. The van der Waals surface area contributed by atoms with Crippen molar-refractivity contribution in [2.24, 2.45) is 0 Å². The van der Waals surface area contributed by atoms with E-state index >= 15 is 0 Å². The van der Waals surface area contributed by atoms with E-state index in [1.807, 2.05) is 32.0 Å². The van der Waals surface area contributed by atoms with Gasteiger partial charge in [0.05, 0.1) is 7.11 Å². The molecule has 0 radical (unpaired) electrons. The molecule has 158 valence electrons. The Morgan fingerprint density at radius 3 is 2.53 bits per heavy atom. The number of anilines is 1. The minimum Gasteiger partial charge on any atom is -0.496 e. The number of nitrogens with one attached hydrogen (secondary N) is 2. The van der Waals surface area contributed by atoms with Crippen molar-refractivity contribution in [3.63, 3.8) is 0 Å². The Hall–Kier alpha value is -2.82. The number of nitrogens with zero attached hydrogens (tertiary/aromatic N) is 2. The Labute approximate surface area is 179 Å². The van der Waals surface area contributed by atoms with E-state index in [0.717, 1.165) is 28.2 Å². The van der Waals surface area contributed by atoms with E-state index in [4.69, 9.17) is 4.74 Å². The molecule has 0 bridgehead atoms. The van der Waals surface area contributed by atoms with Crippen molar-refractivity contribution in [3.05, 3.63) is 65.2 Å². The van der Waals surface area contributed by atoms with E-state index in [1.54, 1.807) is 37.4 Å². The van der Waals surface area contributed by atoms with Gasteiger partial charge in [-0.05, 0) is 42.7 Å². The summed E-state index contributed by atoms with van der Waals surface area (Å²) in [5.41, 5.74) is 2.17. The van der Waals surface area contributed by atoms with Gasteiger partial charge in [-0.2, -0.15) is 0 Å². The molecule has 1 amide bonds. The van der Waals surface area contributed by atoms with Crippen molar-refractivity contribution in [3.8, 4) is 5.75 Å². The average molecular weight is 447 g/mol. The van der Waals surface area contributed by atoms with Gasteiger partial charge >= 0.3 is 0 Å². The lowest BCUT2D eigenvalue weighted by atomic mass is 10.0. The SMILES string of the molecule is CCC(NS(=O)(=O)c1nnc(NC(=O)c2ccccc2)s1)c1ccc(OC)c(C)c1. The third-order valence-electron chi connectivity index (χ3n) is 4.42. The van der Waals surface area contributed by atoms with Crippen molar-refractivity contribution in [2.45, 2.75) is 30.6 Å². The van der Waals surface area contributed by atoms with Crippen LogP contribution < -0.4 is 14.8 Å². The smallest absolute Gasteiger partial charge is 0.270 e. The van der Waals surface area contributed by atoms with E-state index < -0.39 is 16.1 Å². The molecule has 1 unspecified atom stereocenters. The lowest BCUT2D eigenvalue weighted by Crippen LogP contribution is -2.28. The molecule has 1 heterocycles. The molecular formula is C20H22N4O4S2. The fourth-order valence-corrected chi connectivity index (χ4v) is 5.09. The van der Waals surface area contributed by atoms with E-state index in [1.165, 1.54) is 0 Å². The summed E-state index contributed by atoms with van der Waals surface area (Å²) in [6.45, 7) is 3.79. The van der Waals surface area contributed by atoms with Gasteiger partial charge in [-0.15, -0.1) is 10.2 Å². The molecule has 30 heavy (non-hydrogen) atoms. The fourth-order valence-electron chi connectivity index (χ4n) is 2.87. The number of methoxy groups -OCH3 is 1. The summed E-state index contributed by atoms with van der Waals surface area (Å²) in [7, 11) is -2.33. The zero-order chi connectivity index (χ0) is 21.7. The molecule has 0 spiro atoms. The van der Waals surface area contributed by atoms with Gasteiger partial charge < -0.3 is 4.74 Å². The lowest BCUT2D eigenvalue weighted by molar-refractivity contribution is 0.102. The summed E-state index contributed by atoms with van der Waals surface area (Å²) in [6, 6.07) is 13.7. The Morgan fingerprint density at radius 1 is 1.17 bits per heavy atom. The predicted molar refractivity (Wildman–Crippen MR) is 115 cm³/mol. The minimum atomic E-state index is -3.92. The molecule has 10 heteroatoms. The summed E-state index contributed by atoms with van der Waals surface area (Å²) in [5.74, 6) is 0.350. The lowest BCUT2D eigenvalue weighted by Gasteiger charge is -2.17. The van der Waals surface area contributed by atoms with E-state index in [-0.39, 0.29) is 15.4 Å². The zero-order valence-corrected chi connectivity index (χ0v) is 18.4. The number of ether oxygens (including phenoxy) is 1. The van der Waals surface area contributed by atoms with Crippen molar-refractivity contribution in [1.82, 2.24) is 14.9 Å². The fraction of sp³-hybridized carbons (Fsp3) is 0.250. The molecule has 3 aromatic rings. The van der Waals surface area contributed by atoms with Gasteiger partial charge in [0.25, 0.3) is 15.9 Å². The van der Waals surface area contributed by atoms with Crippen LogP contribution in [0.3, 0.4) is 0 Å². The second-order valence-corrected chi connectivity index (χ2v) is 9.37. The summed E-state index contributed by atoms with van der Waals surface area (Å²) >= 11 is 0.795. The normalized spacial score (nSPS) is 12.4. The number of aryl methyl sites for hydroxylation is 1. The maximum Gasteiger partial charge on any atom is 0.270 e. The Bertz CT molecular complexity index is 1130. The molecular weight excluding hydrogens is 424 g/mol. The van der Waals surface area contributed by atoms with Crippen LogP contribution in [0.4, 0.5) is 5.13 Å². The Kier molecular flexibility index (Phi) is 6.80. The number of benzene rings is 2. The minimum absolute atomic E-state index is 0.109. The van der Waals surface area contributed by atoms with Crippen LogP contribution in [0.1, 0.15) is 40.9 Å². The van der Waals surface area contributed by atoms with Crippen LogP contribution >= 0.6 is 11.3 Å². The highest BCUT2D eigenvalue weighted by molar-refractivity contribution is 7.91. The number of carbonyl (C=O) groups excluding carboxylic acids is 1. The molecule has 2 aromatic carbocycles. The third kappa shape index (κ3) is 5.02. The second-order valence-electron chi connectivity index (χ2n) is 6.50. The largest absolute Gasteiger partial charge is 0.496 e. The van der Waals surface area contributed by atoms with Crippen molar-refractivity contribution in [2.75, 3.05) is 12.4 Å². The molecule has 8 nitrogen and oxygen atoms in total. The topological polar surface area (TPSA) is 110 Å². The maximum absolute atomic E-state index is 12.8. The van der Waals surface area contributed by atoms with Crippen LogP contribution in [0.5, 0.6) is 5.75 Å². The zero-order valence-electron chi connectivity index (χ0n) is 16.7. The number of aromatic nitrogens is 2. The van der Waals surface area contributed by atoms with Gasteiger partial charge in [-0.3, -0.25) is 10.1 Å². The average Bonchev–Trinajstić information content (AvgIpc) is 3.22. The van der Waals surface area contributed by atoms with Crippen molar-refractivity contribution >= 4 is 32.4 Å². The molecule has 0 aliphatic carbocycles. The van der Waals surface area contributed by atoms with Crippen LogP contribution in [0.25, 0.3) is 0 Å². The van der Waals surface area contributed by atoms with E-state index in [0.29, 0.717) is 12.0 Å². The number of hydrogen-bond donors (Lipinski definition) is 2. The maximum atomic E-state index is 12.8. The molecule has 0 saturated heterocycles. The molecule has 0 fully saturated rings. The number of rotatable bonds is 8. The van der Waals surface area contributed by atoms with Crippen LogP contribution in [-0.4, -0.2) is 31.6 Å². The third-order valence-corrected chi connectivity index (χ3v) is 7.10. The van der Waals surface area contributed by atoms with E-state index in [2.05, 4.69) is 20.2 Å². The Balaban J connectivity index is 1.75. The summed E-state index contributed by atoms with van der Waals surface area (Å²) in [4.78, 5) is 12.2. The first kappa shape index (κ1) is 21.9. The van der Waals surface area contributed by atoms with Crippen LogP contribution in [0.15, 0.2) is 52.9 Å². The van der Waals surface area contributed by atoms with Gasteiger partial charge in [0, 0.05) is 11.6 Å². The molecule has 1 aromatic heterocycles. The van der Waals surface area contributed by atoms with Gasteiger partial charge in [-0.1, -0.05) is 48.6 Å². The quantitative estimate of drug-likeness (QED) is 0.512. The molecule has 2 N–H and O–H groups in total. The first-order valence-electron chi connectivity index (χ1n) is 9.20. The Morgan fingerprint density at radius 2 is 1.90 bits per heavy atom. The second kappa shape index (κ2) is 9.33. The highest BCUT2D eigenvalue weighted by Gasteiger charge is 2.25. The highest BCUT2D eigenvalue weighted by Crippen LogP contribution is 2.27. The molecule has 3 rings (SSSR count). The van der Waals surface area contributed by atoms with Crippen LogP contribution in [0, 0.1) is 6.92 Å². The van der Waals surface area contributed by atoms with Crippen molar-refractivity contribution < 1.29 is 17.9 Å². The number of carbonyl (C=O) groups is 1. The highest BCUT2D eigenvalue weighted by atomic mass is 32.2. The molecule has 0 aliphatic heterocycles. The van der Waals surface area contributed by atoms with Gasteiger partial charge in [0.2, 0.25) is 9.47 Å². The van der Waals surface area contributed by atoms with Crippen LogP contribution in [0.2, 0.25) is 0 Å². The van der Waals surface area contributed by atoms with E-state index in [9.17, 15) is 13.2 Å². The molecule has 1 atom stereocenters. The summed E-state index contributed by atoms with van der Waals surface area (Å²) in [5, 5.41) is 10.2. The monoisotopic (exact) mass is 446 g/mol. The molecule has 0 aliphatic rings. The first-order chi connectivity index (χ1) is 14.3. The van der Waals surface area contributed by atoms with Gasteiger partial charge in [0.1, 0.15) is 5.75 Å². The van der Waals surface area contributed by atoms with Gasteiger partial charge in [-0.25, -0.2) is 13.1 Å².